The van der Waals surface area contributed by atoms with E-state index in [1.807, 2.05) is 0 Å². The van der Waals surface area contributed by atoms with Gasteiger partial charge in [-0.05, 0) is 41.5 Å². The summed E-state index contributed by atoms with van der Waals surface area (Å²) < 4.78 is 0. The van der Waals surface area contributed by atoms with Gasteiger partial charge in [-0.2, -0.15) is 0 Å². The molecule has 1 heteroatoms. The fraction of sp³-hybridized carbons (Fsp3) is 0.333. The Morgan fingerprint density at radius 2 is 1.79 bits per heavy atom. The number of benzene rings is 2. The van der Waals surface area contributed by atoms with Crippen molar-refractivity contribution in [1.29, 1.82) is 0 Å². The zero-order valence-electron chi connectivity index (χ0n) is 11.1. The minimum Gasteiger partial charge on any atom is -0.309 e. The van der Waals surface area contributed by atoms with Crippen molar-refractivity contribution in [3.05, 3.63) is 70.8 Å². The van der Waals surface area contributed by atoms with Gasteiger partial charge in [-0.15, -0.1) is 0 Å². The fourth-order valence-corrected chi connectivity index (χ4v) is 3.84. The Morgan fingerprint density at radius 1 is 0.947 bits per heavy atom. The molecule has 0 bridgehead atoms. The second-order valence-electron chi connectivity index (χ2n) is 5.81. The van der Waals surface area contributed by atoms with Crippen molar-refractivity contribution in [2.45, 2.75) is 37.8 Å². The predicted molar refractivity (Wildman–Crippen MR) is 78.3 cm³/mol. The highest BCUT2D eigenvalue weighted by Crippen LogP contribution is 2.41. The van der Waals surface area contributed by atoms with Crippen molar-refractivity contribution in [3.63, 3.8) is 0 Å². The molecule has 2 unspecified atom stereocenters. The molecule has 0 aromatic heterocycles. The molecule has 1 aliphatic heterocycles. The summed E-state index contributed by atoms with van der Waals surface area (Å²) in [4.78, 5) is 0. The van der Waals surface area contributed by atoms with E-state index in [0.29, 0.717) is 6.04 Å². The van der Waals surface area contributed by atoms with Gasteiger partial charge < -0.3 is 5.32 Å². The Hall–Kier alpha value is -1.60. The van der Waals surface area contributed by atoms with Crippen molar-refractivity contribution in [3.8, 4) is 0 Å². The number of nitrogens with one attached hydrogen (secondary N) is 1. The molecule has 1 aliphatic carbocycles. The third-order valence-electron chi connectivity index (χ3n) is 4.72. The van der Waals surface area contributed by atoms with Gasteiger partial charge in [0.05, 0.1) is 0 Å². The molecule has 1 nitrogen and oxygen atoms in total. The second-order valence-corrected chi connectivity index (χ2v) is 5.81. The standard InChI is InChI=1S/C18H19N/c1-2-5-13(6-3-1)11-17-16-10-9-14-7-4-8-15(12-19-17)18(14)16/h1-8,16-17,19H,9-12H2. The smallest absolute Gasteiger partial charge is 0.0211 e. The number of rotatable bonds is 2. The van der Waals surface area contributed by atoms with E-state index in [9.17, 15) is 0 Å². The van der Waals surface area contributed by atoms with Crippen LogP contribution in [0.4, 0.5) is 0 Å². The Kier molecular flexibility index (Phi) is 2.66. The normalized spacial score (nSPS) is 24.2. The first-order chi connectivity index (χ1) is 9.42. The Morgan fingerprint density at radius 3 is 2.68 bits per heavy atom. The average molecular weight is 249 g/mol. The summed E-state index contributed by atoms with van der Waals surface area (Å²) in [6.07, 6.45) is 3.73. The minimum atomic E-state index is 0.610. The van der Waals surface area contributed by atoms with E-state index in [2.05, 4.69) is 53.8 Å². The molecule has 0 saturated carbocycles. The van der Waals surface area contributed by atoms with Gasteiger partial charge in [0, 0.05) is 18.5 Å². The summed E-state index contributed by atoms with van der Waals surface area (Å²) >= 11 is 0. The highest BCUT2D eigenvalue weighted by Gasteiger charge is 2.34. The maximum Gasteiger partial charge on any atom is 0.0211 e. The summed E-state index contributed by atoms with van der Waals surface area (Å²) in [5.41, 5.74) is 6.25. The van der Waals surface area contributed by atoms with E-state index in [-0.39, 0.29) is 0 Å². The van der Waals surface area contributed by atoms with Gasteiger partial charge in [-0.1, -0.05) is 48.5 Å². The van der Waals surface area contributed by atoms with Gasteiger partial charge >= 0.3 is 0 Å². The first kappa shape index (κ1) is 11.2. The van der Waals surface area contributed by atoms with E-state index in [0.717, 1.165) is 18.9 Å². The van der Waals surface area contributed by atoms with Crippen LogP contribution in [0.25, 0.3) is 0 Å². The summed E-state index contributed by atoms with van der Waals surface area (Å²) in [6.45, 7) is 1.04. The summed E-state index contributed by atoms with van der Waals surface area (Å²) in [7, 11) is 0. The van der Waals surface area contributed by atoms with Crippen LogP contribution >= 0.6 is 0 Å². The van der Waals surface area contributed by atoms with E-state index in [1.54, 1.807) is 11.1 Å². The highest BCUT2D eigenvalue weighted by atomic mass is 14.9. The lowest BCUT2D eigenvalue weighted by Gasteiger charge is -2.32. The van der Waals surface area contributed by atoms with Crippen LogP contribution in [0.2, 0.25) is 0 Å². The molecule has 0 fully saturated rings. The maximum atomic E-state index is 3.76. The van der Waals surface area contributed by atoms with Crippen LogP contribution in [0.3, 0.4) is 0 Å². The molecule has 2 atom stereocenters. The number of hydrogen-bond donors (Lipinski definition) is 1. The van der Waals surface area contributed by atoms with E-state index >= 15 is 0 Å². The first-order valence-electron chi connectivity index (χ1n) is 7.30. The van der Waals surface area contributed by atoms with Crippen LogP contribution in [0, 0.1) is 0 Å². The number of aryl methyl sites for hydroxylation is 1. The molecule has 0 spiro atoms. The Labute approximate surface area is 114 Å². The van der Waals surface area contributed by atoms with E-state index in [4.69, 9.17) is 0 Å². The third-order valence-corrected chi connectivity index (χ3v) is 4.72. The average Bonchev–Trinajstić information content (AvgIpc) is 2.89. The second kappa shape index (κ2) is 4.50. The molecule has 2 aromatic rings. The molecule has 19 heavy (non-hydrogen) atoms. The molecule has 4 rings (SSSR count). The van der Waals surface area contributed by atoms with Crippen molar-refractivity contribution in [1.82, 2.24) is 5.32 Å². The van der Waals surface area contributed by atoms with Crippen LogP contribution in [0.15, 0.2) is 48.5 Å². The lowest BCUT2D eigenvalue weighted by Crippen LogP contribution is -2.39. The SMILES string of the molecule is c1ccc(CC2NCc3cccc4c3C2CC4)cc1. The van der Waals surface area contributed by atoms with Gasteiger partial charge in [0.1, 0.15) is 0 Å². The van der Waals surface area contributed by atoms with Crippen molar-refractivity contribution >= 4 is 0 Å². The molecule has 1 N–H and O–H groups in total. The molecule has 2 aliphatic rings. The van der Waals surface area contributed by atoms with Crippen LogP contribution in [-0.2, 0) is 19.4 Å². The predicted octanol–water partition coefficient (Wildman–Crippen LogP) is 3.43. The zero-order valence-corrected chi connectivity index (χ0v) is 11.1. The van der Waals surface area contributed by atoms with Gasteiger partial charge in [-0.25, -0.2) is 0 Å². The first-order valence-corrected chi connectivity index (χ1v) is 7.30. The maximum absolute atomic E-state index is 3.76. The lowest BCUT2D eigenvalue weighted by atomic mass is 9.83. The van der Waals surface area contributed by atoms with Crippen LogP contribution in [0.5, 0.6) is 0 Å². The molecular formula is C18H19N. The summed E-state index contributed by atoms with van der Waals surface area (Å²) in [6, 6.07) is 18.3. The molecule has 96 valence electrons. The van der Waals surface area contributed by atoms with E-state index in [1.165, 1.54) is 24.0 Å². The molecule has 0 amide bonds. The zero-order chi connectivity index (χ0) is 12.7. The van der Waals surface area contributed by atoms with Gasteiger partial charge in [0.2, 0.25) is 0 Å². The molecule has 1 heterocycles. The quantitative estimate of drug-likeness (QED) is 0.860. The fourth-order valence-electron chi connectivity index (χ4n) is 3.84. The van der Waals surface area contributed by atoms with Gasteiger partial charge in [0.15, 0.2) is 0 Å². The molecular weight excluding hydrogens is 230 g/mol. The molecule has 0 saturated heterocycles. The van der Waals surface area contributed by atoms with Gasteiger partial charge in [0.25, 0.3) is 0 Å². The van der Waals surface area contributed by atoms with E-state index < -0.39 is 0 Å². The Balaban J connectivity index is 1.64. The topological polar surface area (TPSA) is 12.0 Å². The molecule has 0 radical (unpaired) electrons. The van der Waals surface area contributed by atoms with Crippen molar-refractivity contribution in [2.75, 3.05) is 0 Å². The number of hydrogen-bond acceptors (Lipinski definition) is 1. The molecule has 2 aromatic carbocycles. The highest BCUT2D eigenvalue weighted by molar-refractivity contribution is 5.44. The minimum absolute atomic E-state index is 0.610. The monoisotopic (exact) mass is 249 g/mol. The van der Waals surface area contributed by atoms with Crippen molar-refractivity contribution < 1.29 is 0 Å². The van der Waals surface area contributed by atoms with Crippen LogP contribution < -0.4 is 5.32 Å². The summed E-state index contributed by atoms with van der Waals surface area (Å²) in [5, 5.41) is 3.76. The van der Waals surface area contributed by atoms with Crippen molar-refractivity contribution in [2.24, 2.45) is 0 Å². The van der Waals surface area contributed by atoms with Crippen LogP contribution in [-0.4, -0.2) is 6.04 Å². The lowest BCUT2D eigenvalue weighted by molar-refractivity contribution is 0.399. The van der Waals surface area contributed by atoms with Gasteiger partial charge in [-0.3, -0.25) is 0 Å². The largest absolute Gasteiger partial charge is 0.309 e. The third kappa shape index (κ3) is 1.89. The van der Waals surface area contributed by atoms with Crippen LogP contribution in [0.1, 0.15) is 34.6 Å². The summed E-state index contributed by atoms with van der Waals surface area (Å²) in [5.74, 6) is 0.722. The Bertz CT molecular complexity index is 588.